The van der Waals surface area contributed by atoms with E-state index in [1.54, 1.807) is 0 Å². The second-order valence-corrected chi connectivity index (χ2v) is 3.07. The predicted molar refractivity (Wildman–Crippen MR) is 48.2 cm³/mol. The molecule has 88 valence electrons. The molecule has 0 amide bonds. The van der Waals surface area contributed by atoms with Gasteiger partial charge >= 0.3 is 12.1 Å². The maximum absolute atomic E-state index is 12.6. The van der Waals surface area contributed by atoms with Crippen LogP contribution in [0.3, 0.4) is 0 Å². The number of anilines is 1. The molecule has 0 fully saturated rings. The number of pyridine rings is 1. The molecule has 5 N–H and O–H groups in total. The summed E-state index contributed by atoms with van der Waals surface area (Å²) in [6.07, 6.45) is -3.34. The highest BCUT2D eigenvalue weighted by atomic mass is 19.4. The van der Waals surface area contributed by atoms with E-state index in [1.807, 2.05) is 0 Å². The minimum absolute atomic E-state index is 0.378. The molecule has 0 aromatic carbocycles. The summed E-state index contributed by atoms with van der Waals surface area (Å²) in [6, 6.07) is 1.05. The third-order valence-electron chi connectivity index (χ3n) is 2.06. The Morgan fingerprint density at radius 1 is 1.44 bits per heavy atom. The van der Waals surface area contributed by atoms with Crippen LogP contribution in [0.5, 0.6) is 0 Å². The minimum Gasteiger partial charge on any atom is -0.479 e. The van der Waals surface area contributed by atoms with Gasteiger partial charge in [-0.2, -0.15) is 13.2 Å². The maximum Gasteiger partial charge on any atom is 0.421 e. The lowest BCUT2D eigenvalue weighted by atomic mass is 9.90. The lowest BCUT2D eigenvalue weighted by Gasteiger charge is -2.28. The van der Waals surface area contributed by atoms with Gasteiger partial charge in [0, 0.05) is 23.6 Å². The van der Waals surface area contributed by atoms with Crippen LogP contribution in [-0.4, -0.2) is 22.2 Å². The van der Waals surface area contributed by atoms with Gasteiger partial charge in [0.2, 0.25) is 5.54 Å². The van der Waals surface area contributed by atoms with Gasteiger partial charge in [-0.1, -0.05) is 0 Å². The van der Waals surface area contributed by atoms with Crippen molar-refractivity contribution in [1.29, 1.82) is 0 Å². The van der Waals surface area contributed by atoms with Gasteiger partial charge in [0.15, 0.2) is 0 Å². The van der Waals surface area contributed by atoms with Crippen molar-refractivity contribution >= 4 is 11.7 Å². The predicted octanol–water partition coefficient (Wildman–Crippen LogP) is 0.465. The molecule has 0 saturated carbocycles. The molecule has 0 saturated heterocycles. The Morgan fingerprint density at radius 3 is 2.38 bits per heavy atom. The van der Waals surface area contributed by atoms with E-state index in [9.17, 15) is 18.0 Å². The van der Waals surface area contributed by atoms with E-state index in [0.29, 0.717) is 6.20 Å². The molecule has 1 aromatic heterocycles. The molecule has 1 unspecified atom stereocenters. The summed E-state index contributed by atoms with van der Waals surface area (Å²) in [5.41, 5.74) is 5.44. The first-order valence-corrected chi connectivity index (χ1v) is 4.00. The molecule has 0 spiro atoms. The molecule has 0 aliphatic rings. The first-order valence-electron chi connectivity index (χ1n) is 4.00. The summed E-state index contributed by atoms with van der Waals surface area (Å²) < 4.78 is 37.9. The van der Waals surface area contributed by atoms with Gasteiger partial charge in [0.05, 0.1) is 0 Å². The number of carbonyl (C=O) groups is 1. The van der Waals surface area contributed by atoms with E-state index in [4.69, 9.17) is 16.6 Å². The van der Waals surface area contributed by atoms with Crippen molar-refractivity contribution in [1.82, 2.24) is 4.98 Å². The average molecular weight is 235 g/mol. The van der Waals surface area contributed by atoms with Crippen LogP contribution in [0.25, 0.3) is 0 Å². The van der Waals surface area contributed by atoms with Crippen molar-refractivity contribution in [2.24, 2.45) is 5.73 Å². The number of nitrogen functional groups attached to an aromatic ring is 1. The minimum atomic E-state index is -5.17. The normalized spacial score (nSPS) is 15.5. The Morgan fingerprint density at radius 2 is 2.00 bits per heavy atom. The van der Waals surface area contributed by atoms with Crippen molar-refractivity contribution in [3.8, 4) is 0 Å². The van der Waals surface area contributed by atoms with E-state index in [0.717, 1.165) is 12.3 Å². The Balaban J connectivity index is 3.46. The standard InChI is InChI=1S/C8H8F3N3O2/c9-8(10,11)7(13,6(15)16)4-3-14-2-1-5(4)12/h1-3H,13H2,(H2,12,14)(H,15,16). The van der Waals surface area contributed by atoms with Crippen LogP contribution in [0.15, 0.2) is 18.5 Å². The molecule has 16 heavy (non-hydrogen) atoms. The lowest BCUT2D eigenvalue weighted by Crippen LogP contribution is -2.56. The molecule has 1 aromatic rings. The highest BCUT2D eigenvalue weighted by molar-refractivity contribution is 5.83. The summed E-state index contributed by atoms with van der Waals surface area (Å²) in [4.78, 5) is 14.1. The van der Waals surface area contributed by atoms with Gasteiger partial charge in [-0.3, -0.25) is 4.98 Å². The lowest BCUT2D eigenvalue weighted by molar-refractivity contribution is -0.204. The number of carboxylic acid groups (broad SMARTS) is 1. The fourth-order valence-electron chi connectivity index (χ4n) is 1.12. The van der Waals surface area contributed by atoms with Crippen molar-refractivity contribution in [2.45, 2.75) is 11.7 Å². The first-order chi connectivity index (χ1) is 7.21. The summed E-state index contributed by atoms with van der Waals surface area (Å²) in [5, 5.41) is 8.62. The zero-order valence-corrected chi connectivity index (χ0v) is 7.82. The number of nitrogens with zero attached hydrogens (tertiary/aromatic N) is 1. The largest absolute Gasteiger partial charge is 0.479 e. The van der Waals surface area contributed by atoms with Gasteiger partial charge < -0.3 is 16.6 Å². The molecule has 1 rings (SSSR count). The van der Waals surface area contributed by atoms with Gasteiger partial charge in [0.1, 0.15) is 0 Å². The van der Waals surface area contributed by atoms with Crippen LogP contribution in [-0.2, 0) is 10.3 Å². The Bertz CT molecular complexity index is 421. The molecule has 0 radical (unpaired) electrons. The Labute approximate surface area is 87.9 Å². The van der Waals surface area contributed by atoms with Crippen molar-refractivity contribution in [2.75, 3.05) is 5.73 Å². The van der Waals surface area contributed by atoms with Crippen molar-refractivity contribution in [3.05, 3.63) is 24.0 Å². The molecule has 0 aliphatic heterocycles. The zero-order valence-electron chi connectivity index (χ0n) is 7.82. The fourth-order valence-corrected chi connectivity index (χ4v) is 1.12. The Kier molecular flexibility index (Phi) is 2.78. The number of rotatable bonds is 2. The zero-order chi connectivity index (χ0) is 12.6. The number of alkyl halides is 3. The van der Waals surface area contributed by atoms with E-state index in [-0.39, 0.29) is 5.69 Å². The molecule has 8 heteroatoms. The van der Waals surface area contributed by atoms with Crippen LogP contribution in [0.1, 0.15) is 5.56 Å². The van der Waals surface area contributed by atoms with Crippen LogP contribution in [0.2, 0.25) is 0 Å². The maximum atomic E-state index is 12.6. The van der Waals surface area contributed by atoms with Crippen LogP contribution < -0.4 is 11.5 Å². The number of carboxylic acids is 1. The third kappa shape index (κ3) is 1.67. The quantitative estimate of drug-likeness (QED) is 0.691. The molecule has 0 aliphatic carbocycles. The number of hydrogen-bond donors (Lipinski definition) is 3. The molecule has 0 bridgehead atoms. The van der Waals surface area contributed by atoms with Crippen molar-refractivity contribution < 1.29 is 23.1 Å². The van der Waals surface area contributed by atoms with Gasteiger partial charge in [-0.25, -0.2) is 4.79 Å². The summed E-state index contributed by atoms with van der Waals surface area (Å²) in [7, 11) is 0. The third-order valence-corrected chi connectivity index (χ3v) is 2.06. The highest BCUT2D eigenvalue weighted by Gasteiger charge is 2.60. The molecule has 5 nitrogen and oxygen atoms in total. The van der Waals surface area contributed by atoms with E-state index < -0.39 is 23.2 Å². The van der Waals surface area contributed by atoms with Gasteiger partial charge in [-0.05, 0) is 6.07 Å². The van der Waals surface area contributed by atoms with Crippen LogP contribution in [0, 0.1) is 0 Å². The summed E-state index contributed by atoms with van der Waals surface area (Å²) in [5.74, 6) is -2.24. The first kappa shape index (κ1) is 12.2. The Hall–Kier alpha value is -1.83. The number of nitrogens with two attached hydrogens (primary N) is 2. The number of halogens is 3. The molecular weight excluding hydrogens is 227 g/mol. The molecular formula is C8H8F3N3O2. The fraction of sp³-hybridized carbons (Fsp3) is 0.250. The van der Waals surface area contributed by atoms with Gasteiger partial charge in [-0.15, -0.1) is 0 Å². The van der Waals surface area contributed by atoms with Gasteiger partial charge in [0.25, 0.3) is 0 Å². The van der Waals surface area contributed by atoms with Crippen LogP contribution >= 0.6 is 0 Å². The second kappa shape index (κ2) is 3.63. The average Bonchev–Trinajstić information content (AvgIpc) is 2.15. The van der Waals surface area contributed by atoms with Crippen LogP contribution in [0.4, 0.5) is 18.9 Å². The number of hydrogen-bond acceptors (Lipinski definition) is 4. The topological polar surface area (TPSA) is 102 Å². The summed E-state index contributed by atoms with van der Waals surface area (Å²) >= 11 is 0. The number of aliphatic carboxylic acids is 1. The molecule has 1 heterocycles. The molecule has 1 atom stereocenters. The van der Waals surface area contributed by atoms with Crippen molar-refractivity contribution in [3.63, 3.8) is 0 Å². The van der Waals surface area contributed by atoms with E-state index in [1.165, 1.54) is 0 Å². The highest BCUT2D eigenvalue weighted by Crippen LogP contribution is 2.38. The smallest absolute Gasteiger partial charge is 0.421 e. The van der Waals surface area contributed by atoms with E-state index in [2.05, 4.69) is 4.98 Å². The summed E-state index contributed by atoms with van der Waals surface area (Å²) in [6.45, 7) is 0. The number of aromatic nitrogens is 1. The monoisotopic (exact) mass is 235 g/mol. The SMILES string of the molecule is Nc1ccncc1C(N)(C(=O)O)C(F)(F)F. The van der Waals surface area contributed by atoms with E-state index >= 15 is 0 Å². The second-order valence-electron chi connectivity index (χ2n) is 3.07.